The highest BCUT2D eigenvalue weighted by molar-refractivity contribution is 5.04. The summed E-state index contributed by atoms with van der Waals surface area (Å²) >= 11 is 0. The fourth-order valence-corrected chi connectivity index (χ4v) is 2.37. The summed E-state index contributed by atoms with van der Waals surface area (Å²) in [5.74, 6) is 2.37. The average molecular weight is 236 g/mol. The van der Waals surface area contributed by atoms with Crippen molar-refractivity contribution in [3.8, 4) is 0 Å². The summed E-state index contributed by atoms with van der Waals surface area (Å²) in [7, 11) is 0. The van der Waals surface area contributed by atoms with Gasteiger partial charge in [0, 0.05) is 5.92 Å². The van der Waals surface area contributed by atoms with Gasteiger partial charge in [-0.2, -0.15) is 5.10 Å². The fourth-order valence-electron chi connectivity index (χ4n) is 2.37. The van der Waals surface area contributed by atoms with E-state index in [0.717, 1.165) is 11.6 Å². The second-order valence-electron chi connectivity index (χ2n) is 6.26. The summed E-state index contributed by atoms with van der Waals surface area (Å²) in [4.78, 5) is 4.61. The van der Waals surface area contributed by atoms with Crippen LogP contribution < -0.4 is 5.73 Å². The molecule has 1 fully saturated rings. The van der Waals surface area contributed by atoms with Crippen LogP contribution in [0.3, 0.4) is 0 Å². The first-order valence-electron chi connectivity index (χ1n) is 6.66. The van der Waals surface area contributed by atoms with Gasteiger partial charge in [-0.15, -0.1) is 0 Å². The second-order valence-corrected chi connectivity index (χ2v) is 6.26. The van der Waals surface area contributed by atoms with Crippen LogP contribution >= 0.6 is 0 Å². The van der Waals surface area contributed by atoms with Crippen LogP contribution in [0, 0.1) is 5.41 Å². The molecule has 2 rings (SSSR count). The Balaban J connectivity index is 2.10. The Morgan fingerprint density at radius 1 is 1.24 bits per heavy atom. The lowest BCUT2D eigenvalue weighted by Crippen LogP contribution is -2.27. The number of nitrogens with two attached hydrogens (primary N) is 1. The van der Waals surface area contributed by atoms with Crippen molar-refractivity contribution >= 4 is 0 Å². The maximum absolute atomic E-state index is 6.17. The van der Waals surface area contributed by atoms with Crippen molar-refractivity contribution in [2.24, 2.45) is 11.1 Å². The molecule has 1 atom stereocenters. The molecule has 0 bridgehead atoms. The molecule has 4 nitrogen and oxygen atoms in total. The van der Waals surface area contributed by atoms with Gasteiger partial charge in [-0.3, -0.25) is 5.10 Å². The Bertz CT molecular complexity index is 358. The third kappa shape index (κ3) is 2.86. The molecule has 1 aliphatic carbocycles. The zero-order valence-corrected chi connectivity index (χ0v) is 11.2. The minimum absolute atomic E-state index is 0.00598. The van der Waals surface area contributed by atoms with Crippen LogP contribution in [0.15, 0.2) is 0 Å². The average Bonchev–Trinajstić information content (AvgIpc) is 2.77. The second kappa shape index (κ2) is 4.77. The van der Waals surface area contributed by atoms with Gasteiger partial charge in [0.2, 0.25) is 0 Å². The van der Waals surface area contributed by atoms with Crippen molar-refractivity contribution in [1.29, 1.82) is 0 Å². The van der Waals surface area contributed by atoms with E-state index in [1.54, 1.807) is 0 Å². The largest absolute Gasteiger partial charge is 0.321 e. The maximum atomic E-state index is 6.17. The molecule has 1 aromatic rings. The molecule has 96 valence electrons. The third-order valence-corrected chi connectivity index (χ3v) is 3.72. The van der Waals surface area contributed by atoms with Crippen molar-refractivity contribution in [2.75, 3.05) is 0 Å². The van der Waals surface area contributed by atoms with E-state index >= 15 is 0 Å². The van der Waals surface area contributed by atoms with Gasteiger partial charge in [-0.1, -0.05) is 40.0 Å². The summed E-state index contributed by atoms with van der Waals surface area (Å²) in [5.41, 5.74) is 6.18. The normalized spacial score (nSPS) is 20.5. The van der Waals surface area contributed by atoms with Crippen LogP contribution in [0.1, 0.15) is 76.5 Å². The predicted octanol–water partition coefficient (Wildman–Crippen LogP) is 2.90. The van der Waals surface area contributed by atoms with E-state index in [1.807, 2.05) is 0 Å². The lowest BCUT2D eigenvalue weighted by Gasteiger charge is -2.24. The van der Waals surface area contributed by atoms with E-state index < -0.39 is 0 Å². The van der Waals surface area contributed by atoms with Gasteiger partial charge in [0.25, 0.3) is 0 Å². The summed E-state index contributed by atoms with van der Waals surface area (Å²) in [6.45, 7) is 6.36. The van der Waals surface area contributed by atoms with Crippen molar-refractivity contribution in [1.82, 2.24) is 15.2 Å². The highest BCUT2D eigenvalue weighted by Gasteiger charge is 2.27. The van der Waals surface area contributed by atoms with E-state index in [9.17, 15) is 0 Å². The smallest absolute Gasteiger partial charge is 0.167 e. The van der Waals surface area contributed by atoms with Gasteiger partial charge in [-0.05, 0) is 18.3 Å². The van der Waals surface area contributed by atoms with Gasteiger partial charge in [0.05, 0.1) is 6.04 Å². The number of rotatable bonds is 2. The van der Waals surface area contributed by atoms with Crippen LogP contribution in [0.2, 0.25) is 0 Å². The van der Waals surface area contributed by atoms with E-state index in [-0.39, 0.29) is 11.5 Å². The van der Waals surface area contributed by atoms with Gasteiger partial charge < -0.3 is 5.73 Å². The fraction of sp³-hybridized carbons (Fsp3) is 0.846. The Kier molecular flexibility index (Phi) is 3.52. The molecule has 4 heteroatoms. The van der Waals surface area contributed by atoms with Crippen LogP contribution in [-0.2, 0) is 0 Å². The number of H-pyrrole nitrogens is 1. The number of aromatic nitrogens is 3. The predicted molar refractivity (Wildman–Crippen MR) is 68.6 cm³/mol. The number of hydrogen-bond donors (Lipinski definition) is 2. The Labute approximate surface area is 103 Å². The van der Waals surface area contributed by atoms with Gasteiger partial charge in [-0.25, -0.2) is 4.98 Å². The topological polar surface area (TPSA) is 67.6 Å². The zero-order valence-electron chi connectivity index (χ0n) is 11.2. The lowest BCUT2D eigenvalue weighted by atomic mass is 9.87. The first-order valence-corrected chi connectivity index (χ1v) is 6.66. The summed E-state index contributed by atoms with van der Waals surface area (Å²) < 4.78 is 0. The SMILES string of the molecule is CC(C)(C)[C@@H](N)c1n[nH]c(C2CCCCC2)n1. The molecule has 0 aromatic carbocycles. The van der Waals surface area contributed by atoms with Crippen LogP contribution in [-0.4, -0.2) is 15.2 Å². The summed E-state index contributed by atoms with van der Waals surface area (Å²) in [6.07, 6.45) is 6.45. The molecule has 1 saturated carbocycles. The molecule has 0 amide bonds. The molecule has 1 aliphatic rings. The number of nitrogens with zero attached hydrogens (tertiary/aromatic N) is 2. The van der Waals surface area contributed by atoms with Gasteiger partial charge in [0.1, 0.15) is 5.82 Å². The molecular weight excluding hydrogens is 212 g/mol. The first kappa shape index (κ1) is 12.6. The maximum Gasteiger partial charge on any atom is 0.167 e. The molecule has 0 unspecified atom stereocenters. The molecule has 1 aromatic heterocycles. The lowest BCUT2D eigenvalue weighted by molar-refractivity contribution is 0.315. The molecule has 3 N–H and O–H groups in total. The highest BCUT2D eigenvalue weighted by Crippen LogP contribution is 2.32. The molecule has 17 heavy (non-hydrogen) atoms. The van der Waals surface area contributed by atoms with Crippen LogP contribution in [0.25, 0.3) is 0 Å². The first-order chi connectivity index (χ1) is 7.98. The highest BCUT2D eigenvalue weighted by atomic mass is 15.2. The molecule has 1 heterocycles. The number of aromatic amines is 1. The molecule has 0 saturated heterocycles. The Morgan fingerprint density at radius 3 is 2.47 bits per heavy atom. The molecule has 0 spiro atoms. The van der Waals surface area contributed by atoms with E-state index in [0.29, 0.717) is 5.92 Å². The van der Waals surface area contributed by atoms with Crippen LogP contribution in [0.4, 0.5) is 0 Å². The monoisotopic (exact) mass is 236 g/mol. The standard InChI is InChI=1S/C13H24N4/c1-13(2,3)10(14)12-15-11(16-17-12)9-7-5-4-6-8-9/h9-10H,4-8,14H2,1-3H3,(H,15,16,17)/t10-/m0/s1. The minimum Gasteiger partial charge on any atom is -0.321 e. The Morgan fingerprint density at radius 2 is 1.88 bits per heavy atom. The molecule has 0 radical (unpaired) electrons. The van der Waals surface area contributed by atoms with Crippen LogP contribution in [0.5, 0.6) is 0 Å². The van der Waals surface area contributed by atoms with E-state index in [2.05, 4.69) is 36.0 Å². The van der Waals surface area contributed by atoms with E-state index in [1.165, 1.54) is 32.1 Å². The van der Waals surface area contributed by atoms with Crippen molar-refractivity contribution in [3.05, 3.63) is 11.6 Å². The molecular formula is C13H24N4. The zero-order chi connectivity index (χ0) is 12.5. The third-order valence-electron chi connectivity index (χ3n) is 3.72. The minimum atomic E-state index is -0.101. The summed E-state index contributed by atoms with van der Waals surface area (Å²) in [6, 6.07) is -0.101. The van der Waals surface area contributed by atoms with Crippen molar-refractivity contribution in [3.63, 3.8) is 0 Å². The number of nitrogens with one attached hydrogen (secondary N) is 1. The Hall–Kier alpha value is -0.900. The van der Waals surface area contributed by atoms with Crippen molar-refractivity contribution in [2.45, 2.75) is 64.8 Å². The van der Waals surface area contributed by atoms with E-state index in [4.69, 9.17) is 5.73 Å². The van der Waals surface area contributed by atoms with Gasteiger partial charge >= 0.3 is 0 Å². The van der Waals surface area contributed by atoms with Gasteiger partial charge in [0.15, 0.2) is 5.82 Å². The quantitative estimate of drug-likeness (QED) is 0.829. The molecule has 0 aliphatic heterocycles. The summed E-state index contributed by atoms with van der Waals surface area (Å²) in [5, 5.41) is 7.38. The van der Waals surface area contributed by atoms with Crippen molar-refractivity contribution < 1.29 is 0 Å². The number of hydrogen-bond acceptors (Lipinski definition) is 3.